The van der Waals surface area contributed by atoms with Gasteiger partial charge >= 0.3 is 0 Å². The maximum atomic E-state index is 12.6. The van der Waals surface area contributed by atoms with E-state index in [2.05, 4.69) is 42.0 Å². The number of benzene rings is 1. The van der Waals surface area contributed by atoms with E-state index in [1.165, 1.54) is 11.3 Å². The third-order valence-corrected chi connectivity index (χ3v) is 6.25. The van der Waals surface area contributed by atoms with Crippen LogP contribution in [-0.2, 0) is 13.0 Å². The molecule has 1 aliphatic heterocycles. The van der Waals surface area contributed by atoms with E-state index in [1.807, 2.05) is 40.5 Å². The first-order valence-corrected chi connectivity index (χ1v) is 12.0. The fourth-order valence-corrected chi connectivity index (χ4v) is 4.53. The molecule has 5 nitrogen and oxygen atoms in total. The maximum Gasteiger partial charge on any atom is 0.253 e. The first kappa shape index (κ1) is 22.3. The van der Waals surface area contributed by atoms with Gasteiger partial charge in [0, 0.05) is 36.6 Å². The molecule has 6 heteroatoms. The topological polar surface area (TPSA) is 56.7 Å². The van der Waals surface area contributed by atoms with Gasteiger partial charge in [0.1, 0.15) is 0 Å². The molecule has 1 unspecified atom stereocenters. The van der Waals surface area contributed by atoms with Crippen LogP contribution in [0.4, 0.5) is 0 Å². The number of likely N-dealkylation sites (tertiary alicyclic amines) is 1. The maximum absolute atomic E-state index is 12.6. The Morgan fingerprint density at radius 3 is 2.57 bits per heavy atom. The number of rotatable bonds is 8. The molecule has 0 bridgehead atoms. The Kier molecular flexibility index (Phi) is 8.75. The van der Waals surface area contributed by atoms with Crippen LogP contribution < -0.4 is 10.6 Å². The van der Waals surface area contributed by atoms with Crippen LogP contribution in [0.15, 0.2) is 46.8 Å². The van der Waals surface area contributed by atoms with E-state index >= 15 is 0 Å². The quantitative estimate of drug-likeness (QED) is 0.489. The number of nitrogens with zero attached hydrogens (tertiary/aromatic N) is 2. The smallest absolute Gasteiger partial charge is 0.253 e. The minimum atomic E-state index is 0.152. The van der Waals surface area contributed by atoms with Gasteiger partial charge in [-0.05, 0) is 67.7 Å². The molecule has 0 spiro atoms. The highest BCUT2D eigenvalue weighted by atomic mass is 32.1. The molecule has 1 aromatic carbocycles. The molecule has 1 fully saturated rings. The molecule has 2 N–H and O–H groups in total. The van der Waals surface area contributed by atoms with Gasteiger partial charge in [0.2, 0.25) is 0 Å². The Hall–Kier alpha value is -2.34. The molecule has 0 aliphatic carbocycles. The van der Waals surface area contributed by atoms with Gasteiger partial charge in [-0.3, -0.25) is 4.79 Å². The summed E-state index contributed by atoms with van der Waals surface area (Å²) in [4.78, 5) is 20.7. The average Bonchev–Trinajstić information content (AvgIpc) is 3.29. The number of aliphatic imine (C=N–C) groups is 1. The predicted molar refractivity (Wildman–Crippen MR) is 126 cm³/mol. The van der Waals surface area contributed by atoms with Crippen LogP contribution in [0, 0.1) is 5.92 Å². The van der Waals surface area contributed by atoms with Gasteiger partial charge in [-0.2, -0.15) is 0 Å². The first-order valence-electron chi connectivity index (χ1n) is 11.1. The zero-order valence-electron chi connectivity index (χ0n) is 18.2. The summed E-state index contributed by atoms with van der Waals surface area (Å²) in [6.07, 6.45) is 4.54. The van der Waals surface area contributed by atoms with Crippen LogP contribution in [0.2, 0.25) is 0 Å². The van der Waals surface area contributed by atoms with E-state index < -0.39 is 0 Å². The Bertz CT molecular complexity index is 795. The molecule has 30 heavy (non-hydrogen) atoms. The first-order chi connectivity index (χ1) is 14.7. The van der Waals surface area contributed by atoms with Crippen molar-refractivity contribution in [2.45, 2.75) is 46.1 Å². The van der Waals surface area contributed by atoms with Gasteiger partial charge < -0.3 is 15.5 Å². The second-order valence-electron chi connectivity index (χ2n) is 8.01. The standard InChI is InChI=1S/C24H34N4OS/c1-3-25-24(26-17-19(2)16-22-8-7-15-30-22)27-18-20-9-11-21(12-10-20)23(29)28-13-5-4-6-14-28/h7-12,15,19H,3-6,13-14,16-18H2,1-2H3,(H2,25,26,27). The lowest BCUT2D eigenvalue weighted by Crippen LogP contribution is -2.39. The number of carbonyl (C=O) groups excluding carboxylic acids is 1. The van der Waals surface area contributed by atoms with E-state index in [4.69, 9.17) is 4.99 Å². The lowest BCUT2D eigenvalue weighted by molar-refractivity contribution is 0.0724. The summed E-state index contributed by atoms with van der Waals surface area (Å²) in [5.41, 5.74) is 1.88. The molecule has 162 valence electrons. The van der Waals surface area contributed by atoms with Crippen molar-refractivity contribution >= 4 is 23.2 Å². The summed E-state index contributed by atoms with van der Waals surface area (Å²) < 4.78 is 0. The van der Waals surface area contributed by atoms with Crippen LogP contribution in [0.1, 0.15) is 53.9 Å². The van der Waals surface area contributed by atoms with Crippen molar-refractivity contribution in [3.63, 3.8) is 0 Å². The second kappa shape index (κ2) is 11.7. The summed E-state index contributed by atoms with van der Waals surface area (Å²) in [5, 5.41) is 8.91. The van der Waals surface area contributed by atoms with Gasteiger partial charge in [0.25, 0.3) is 5.91 Å². The van der Waals surface area contributed by atoms with Crippen molar-refractivity contribution < 1.29 is 4.79 Å². The normalized spacial score (nSPS) is 15.7. The number of thiophene rings is 1. The highest BCUT2D eigenvalue weighted by Gasteiger charge is 2.17. The Labute approximate surface area is 184 Å². The second-order valence-corrected chi connectivity index (χ2v) is 9.05. The molecule has 1 amide bonds. The van der Waals surface area contributed by atoms with Crippen LogP contribution in [0.3, 0.4) is 0 Å². The molecule has 0 saturated carbocycles. The minimum Gasteiger partial charge on any atom is -0.357 e. The van der Waals surface area contributed by atoms with Crippen LogP contribution in [0.5, 0.6) is 0 Å². The summed E-state index contributed by atoms with van der Waals surface area (Å²) in [7, 11) is 0. The van der Waals surface area contributed by atoms with Crippen molar-refractivity contribution in [3.05, 3.63) is 57.8 Å². The summed E-state index contributed by atoms with van der Waals surface area (Å²) in [5.74, 6) is 1.52. The molecule has 1 aromatic heterocycles. The van der Waals surface area contributed by atoms with E-state index in [9.17, 15) is 4.79 Å². The van der Waals surface area contributed by atoms with E-state index in [0.29, 0.717) is 12.5 Å². The van der Waals surface area contributed by atoms with Crippen molar-refractivity contribution in [3.8, 4) is 0 Å². The largest absolute Gasteiger partial charge is 0.357 e. The van der Waals surface area contributed by atoms with Gasteiger partial charge in [0.15, 0.2) is 5.96 Å². The molecule has 2 aromatic rings. The number of hydrogen-bond donors (Lipinski definition) is 2. The van der Waals surface area contributed by atoms with Gasteiger partial charge in [0.05, 0.1) is 6.54 Å². The number of guanidine groups is 1. The zero-order valence-corrected chi connectivity index (χ0v) is 19.0. The highest BCUT2D eigenvalue weighted by molar-refractivity contribution is 7.09. The van der Waals surface area contributed by atoms with Crippen LogP contribution >= 0.6 is 11.3 Å². The van der Waals surface area contributed by atoms with Gasteiger partial charge in [-0.15, -0.1) is 11.3 Å². The lowest BCUT2D eigenvalue weighted by atomic mass is 10.1. The van der Waals surface area contributed by atoms with Crippen molar-refractivity contribution in [1.29, 1.82) is 0 Å². The Morgan fingerprint density at radius 2 is 1.90 bits per heavy atom. The summed E-state index contributed by atoms with van der Waals surface area (Å²) in [6.45, 7) is 8.40. The van der Waals surface area contributed by atoms with Gasteiger partial charge in [-0.25, -0.2) is 4.99 Å². The van der Waals surface area contributed by atoms with E-state index in [-0.39, 0.29) is 5.91 Å². The lowest BCUT2D eigenvalue weighted by Gasteiger charge is -2.26. The SMILES string of the molecule is CCNC(=NCc1ccc(C(=O)N2CCCCC2)cc1)NCC(C)Cc1cccs1. The van der Waals surface area contributed by atoms with Crippen molar-refractivity contribution in [1.82, 2.24) is 15.5 Å². The van der Waals surface area contributed by atoms with Crippen molar-refractivity contribution in [2.75, 3.05) is 26.2 Å². The number of amides is 1. The molecular formula is C24H34N4OS. The molecule has 1 aliphatic rings. The fourth-order valence-electron chi connectivity index (χ4n) is 3.66. The summed E-state index contributed by atoms with van der Waals surface area (Å²) >= 11 is 1.81. The fraction of sp³-hybridized carbons (Fsp3) is 0.500. The molecule has 0 radical (unpaired) electrons. The third-order valence-electron chi connectivity index (χ3n) is 5.36. The van der Waals surface area contributed by atoms with Crippen LogP contribution in [-0.4, -0.2) is 42.9 Å². The molecule has 1 atom stereocenters. The Morgan fingerprint density at radius 1 is 1.13 bits per heavy atom. The number of piperidine rings is 1. The highest BCUT2D eigenvalue weighted by Crippen LogP contribution is 2.15. The molecular weight excluding hydrogens is 392 g/mol. The van der Waals surface area contributed by atoms with E-state index in [1.54, 1.807) is 0 Å². The number of hydrogen-bond acceptors (Lipinski definition) is 3. The van der Waals surface area contributed by atoms with Crippen LogP contribution in [0.25, 0.3) is 0 Å². The molecule has 3 rings (SSSR count). The van der Waals surface area contributed by atoms with Gasteiger partial charge in [-0.1, -0.05) is 25.1 Å². The predicted octanol–water partition coefficient (Wildman–Crippen LogP) is 4.31. The molecule has 1 saturated heterocycles. The minimum absolute atomic E-state index is 0.152. The van der Waals surface area contributed by atoms with E-state index in [0.717, 1.165) is 62.5 Å². The van der Waals surface area contributed by atoms with Crippen molar-refractivity contribution in [2.24, 2.45) is 10.9 Å². The average molecular weight is 427 g/mol. The molecule has 2 heterocycles. The number of nitrogens with one attached hydrogen (secondary N) is 2. The monoisotopic (exact) mass is 426 g/mol. The Balaban J connectivity index is 1.51. The third kappa shape index (κ3) is 6.87. The summed E-state index contributed by atoms with van der Waals surface area (Å²) in [6, 6.07) is 12.2. The zero-order chi connectivity index (χ0) is 21.2. The number of carbonyl (C=O) groups is 1.